The maximum atomic E-state index is 13.1. The minimum Gasteiger partial charge on any atom is -0.394 e. The van der Waals surface area contributed by atoms with Crippen LogP contribution in [-0.2, 0) is 14.3 Å². The lowest BCUT2D eigenvalue weighted by atomic mass is 9.99. The summed E-state index contributed by atoms with van der Waals surface area (Å²) in [6.07, 6.45) is 49.2. The van der Waals surface area contributed by atoms with E-state index in [0.717, 1.165) is 44.9 Å². The molecule has 1 aliphatic rings. The Kier molecular flexibility index (Phi) is 46.0. The number of hydrogen-bond acceptors (Lipinski definition) is 9. The Balaban J connectivity index is 2.11. The van der Waals surface area contributed by atoms with Crippen LogP contribution in [0.5, 0.6) is 0 Å². The van der Waals surface area contributed by atoms with Gasteiger partial charge in [0.05, 0.1) is 25.4 Å². The average molecular weight is 969 g/mol. The highest BCUT2D eigenvalue weighted by Crippen LogP contribution is 2.23. The first-order valence-corrected chi connectivity index (χ1v) is 29.5. The fraction of sp³-hybridized carbons (Fsp3) is 0.948. The maximum absolute atomic E-state index is 13.1. The smallest absolute Gasteiger partial charge is 0.249 e. The summed E-state index contributed by atoms with van der Waals surface area (Å²) in [5.74, 6) is -0.612. The number of unbranched alkanes of at least 4 members (excludes halogenated alkanes) is 40. The van der Waals surface area contributed by atoms with Crippen molar-refractivity contribution in [1.29, 1.82) is 0 Å². The zero-order valence-corrected chi connectivity index (χ0v) is 44.5. The standard InChI is InChI=1S/C58H113NO9/c1-3-5-7-9-11-13-15-16-17-18-19-20-21-22-23-24-25-26-27-28-29-30-31-32-33-34-35-37-39-41-43-45-47-52(62)57(66)59-50(49-67-58-56(65)55(64)54(63)53(48-60)68-58)51(61)46-44-42-40-38-36-14-12-10-8-6-4-2/h44,46,50-56,58,60-65H,3-43,45,47-49H2,1-2H3,(H,59,66)/b46-44+. The minimum absolute atomic E-state index is 0.301. The maximum Gasteiger partial charge on any atom is 0.249 e. The molecule has 1 saturated heterocycles. The molecule has 1 aliphatic heterocycles. The molecule has 404 valence electrons. The molecule has 8 atom stereocenters. The van der Waals surface area contributed by atoms with Crippen LogP contribution in [0.3, 0.4) is 0 Å². The quantitative estimate of drug-likeness (QED) is 0.0232. The Hall–Kier alpha value is -1.11. The summed E-state index contributed by atoms with van der Waals surface area (Å²) in [7, 11) is 0. The number of nitrogens with one attached hydrogen (secondary N) is 1. The second-order valence-electron chi connectivity index (χ2n) is 20.9. The minimum atomic E-state index is -1.61. The van der Waals surface area contributed by atoms with E-state index in [2.05, 4.69) is 19.2 Å². The van der Waals surface area contributed by atoms with Gasteiger partial charge in [-0.25, -0.2) is 0 Å². The molecular formula is C58H113NO9. The number of hydrogen-bond donors (Lipinski definition) is 7. The van der Waals surface area contributed by atoms with Crippen molar-refractivity contribution in [3.05, 3.63) is 12.2 Å². The molecule has 0 aromatic carbocycles. The van der Waals surface area contributed by atoms with Gasteiger partial charge < -0.3 is 45.4 Å². The predicted octanol–water partition coefficient (Wildman–Crippen LogP) is 13.4. The molecule has 0 aromatic rings. The van der Waals surface area contributed by atoms with Crippen molar-refractivity contribution in [3.63, 3.8) is 0 Å². The Morgan fingerprint density at radius 1 is 0.500 bits per heavy atom. The second kappa shape index (κ2) is 48.2. The highest BCUT2D eigenvalue weighted by Gasteiger charge is 2.44. The molecule has 1 heterocycles. The van der Waals surface area contributed by atoms with Gasteiger partial charge in [0.2, 0.25) is 5.91 Å². The summed E-state index contributed by atoms with van der Waals surface area (Å²) in [5, 5.41) is 64.8. The molecule has 10 heteroatoms. The number of aliphatic hydroxyl groups excluding tert-OH is 6. The van der Waals surface area contributed by atoms with Crippen molar-refractivity contribution in [1.82, 2.24) is 5.32 Å². The molecule has 0 aliphatic carbocycles. The van der Waals surface area contributed by atoms with Gasteiger partial charge in [-0.2, -0.15) is 0 Å². The molecular weight excluding hydrogens is 855 g/mol. The van der Waals surface area contributed by atoms with E-state index in [4.69, 9.17) is 9.47 Å². The van der Waals surface area contributed by atoms with Crippen LogP contribution in [0.1, 0.15) is 290 Å². The van der Waals surface area contributed by atoms with E-state index in [0.29, 0.717) is 6.42 Å². The Morgan fingerprint density at radius 2 is 0.838 bits per heavy atom. The first-order valence-electron chi connectivity index (χ1n) is 29.5. The van der Waals surface area contributed by atoms with Crippen LogP contribution in [0.2, 0.25) is 0 Å². The molecule has 68 heavy (non-hydrogen) atoms. The molecule has 10 nitrogen and oxygen atoms in total. The van der Waals surface area contributed by atoms with E-state index in [1.165, 1.54) is 225 Å². The van der Waals surface area contributed by atoms with Crippen molar-refractivity contribution in [2.75, 3.05) is 13.2 Å². The number of allylic oxidation sites excluding steroid dienone is 1. The van der Waals surface area contributed by atoms with Gasteiger partial charge in [-0.3, -0.25) is 4.79 Å². The van der Waals surface area contributed by atoms with Gasteiger partial charge in [0, 0.05) is 0 Å². The predicted molar refractivity (Wildman–Crippen MR) is 283 cm³/mol. The first-order chi connectivity index (χ1) is 33.3. The summed E-state index contributed by atoms with van der Waals surface area (Å²) in [6, 6.07) is -0.975. The molecule has 8 unspecified atom stereocenters. The Morgan fingerprint density at radius 3 is 1.19 bits per heavy atom. The summed E-state index contributed by atoms with van der Waals surface area (Å²) >= 11 is 0. The first kappa shape index (κ1) is 64.9. The zero-order chi connectivity index (χ0) is 49.6. The highest BCUT2D eigenvalue weighted by molar-refractivity contribution is 5.80. The number of carbonyl (C=O) groups is 1. The number of rotatable bonds is 51. The van der Waals surface area contributed by atoms with E-state index < -0.39 is 61.5 Å². The molecule has 1 amide bonds. The third kappa shape index (κ3) is 36.8. The summed E-state index contributed by atoms with van der Waals surface area (Å²) < 4.78 is 11.2. The SMILES string of the molecule is CCCCCCCCCCC/C=C/C(O)C(COC1OC(CO)C(O)C(O)C1O)NC(=O)C(O)CCCCCCCCCCCCCCCCCCCCCCCCCCCCCCCCCC. The fourth-order valence-corrected chi connectivity index (χ4v) is 9.70. The fourth-order valence-electron chi connectivity index (χ4n) is 9.70. The molecule has 1 rings (SSSR count). The van der Waals surface area contributed by atoms with Crippen LogP contribution in [0.25, 0.3) is 0 Å². The van der Waals surface area contributed by atoms with Crippen LogP contribution < -0.4 is 5.32 Å². The van der Waals surface area contributed by atoms with Gasteiger partial charge in [0.15, 0.2) is 6.29 Å². The molecule has 7 N–H and O–H groups in total. The van der Waals surface area contributed by atoms with Gasteiger partial charge in [-0.15, -0.1) is 0 Å². The van der Waals surface area contributed by atoms with Gasteiger partial charge in [-0.05, 0) is 19.3 Å². The Labute approximate surface area is 419 Å². The van der Waals surface area contributed by atoms with Crippen molar-refractivity contribution < 1.29 is 44.9 Å². The monoisotopic (exact) mass is 968 g/mol. The number of amides is 1. The third-order valence-corrected chi connectivity index (χ3v) is 14.5. The van der Waals surface area contributed by atoms with Crippen molar-refractivity contribution >= 4 is 5.91 Å². The number of carbonyl (C=O) groups excluding carboxylic acids is 1. The third-order valence-electron chi connectivity index (χ3n) is 14.5. The number of aliphatic hydroxyl groups is 6. The average Bonchev–Trinajstić information content (AvgIpc) is 3.34. The van der Waals surface area contributed by atoms with Crippen LogP contribution >= 0.6 is 0 Å². The largest absolute Gasteiger partial charge is 0.394 e. The summed E-state index contributed by atoms with van der Waals surface area (Å²) in [4.78, 5) is 13.1. The van der Waals surface area contributed by atoms with Gasteiger partial charge in [-0.1, -0.05) is 283 Å². The molecule has 0 aromatic heterocycles. The molecule has 0 spiro atoms. The van der Waals surface area contributed by atoms with Gasteiger partial charge in [0.1, 0.15) is 30.5 Å². The lowest BCUT2D eigenvalue weighted by molar-refractivity contribution is -0.302. The molecule has 1 fully saturated rings. The van der Waals surface area contributed by atoms with E-state index in [1.54, 1.807) is 6.08 Å². The Bertz CT molecular complexity index is 1090. The zero-order valence-electron chi connectivity index (χ0n) is 44.5. The molecule has 0 bridgehead atoms. The van der Waals surface area contributed by atoms with E-state index in [1.807, 2.05) is 6.08 Å². The van der Waals surface area contributed by atoms with E-state index >= 15 is 0 Å². The summed E-state index contributed by atoms with van der Waals surface area (Å²) in [6.45, 7) is 3.62. The van der Waals surface area contributed by atoms with Crippen molar-refractivity contribution in [2.24, 2.45) is 0 Å². The second-order valence-corrected chi connectivity index (χ2v) is 20.9. The van der Waals surface area contributed by atoms with Crippen LogP contribution in [0.4, 0.5) is 0 Å². The van der Waals surface area contributed by atoms with Gasteiger partial charge in [0.25, 0.3) is 0 Å². The van der Waals surface area contributed by atoms with Crippen LogP contribution in [0, 0.1) is 0 Å². The van der Waals surface area contributed by atoms with Gasteiger partial charge >= 0.3 is 0 Å². The number of ether oxygens (including phenoxy) is 2. The normalized spacial score (nSPS) is 20.0. The molecule has 0 saturated carbocycles. The lowest BCUT2D eigenvalue weighted by Crippen LogP contribution is -2.60. The lowest BCUT2D eigenvalue weighted by Gasteiger charge is -2.40. The van der Waals surface area contributed by atoms with E-state index in [-0.39, 0.29) is 6.61 Å². The van der Waals surface area contributed by atoms with Crippen molar-refractivity contribution in [2.45, 2.75) is 339 Å². The summed E-state index contributed by atoms with van der Waals surface area (Å²) in [5.41, 5.74) is 0. The highest BCUT2D eigenvalue weighted by atomic mass is 16.7. The van der Waals surface area contributed by atoms with Crippen LogP contribution in [-0.4, -0.2) is 98.7 Å². The van der Waals surface area contributed by atoms with E-state index in [9.17, 15) is 35.4 Å². The molecule has 0 radical (unpaired) electrons. The van der Waals surface area contributed by atoms with Crippen LogP contribution in [0.15, 0.2) is 12.2 Å². The topological polar surface area (TPSA) is 169 Å². The van der Waals surface area contributed by atoms with Crippen molar-refractivity contribution in [3.8, 4) is 0 Å².